The summed E-state index contributed by atoms with van der Waals surface area (Å²) in [6, 6.07) is 5.97. The average Bonchev–Trinajstić information content (AvgIpc) is 3.27. The number of benzene rings is 1. The zero-order valence-corrected chi connectivity index (χ0v) is 16.4. The van der Waals surface area contributed by atoms with Crippen LogP contribution in [0, 0.1) is 19.8 Å². The van der Waals surface area contributed by atoms with Crippen molar-refractivity contribution in [2.45, 2.75) is 33.2 Å². The van der Waals surface area contributed by atoms with Crippen molar-refractivity contribution in [3.05, 3.63) is 39.3 Å². The number of nitrogens with zero attached hydrogens (tertiary/aromatic N) is 4. The monoisotopic (exact) mass is 385 g/mol. The van der Waals surface area contributed by atoms with Gasteiger partial charge in [0.15, 0.2) is 0 Å². The molecule has 0 aliphatic carbocycles. The molecule has 7 nitrogen and oxygen atoms in total. The summed E-state index contributed by atoms with van der Waals surface area (Å²) in [6.45, 7) is 7.35. The Morgan fingerprint density at radius 3 is 3.07 bits per heavy atom. The maximum absolute atomic E-state index is 12.4. The third kappa shape index (κ3) is 4.01. The normalized spacial score (nSPS) is 18.1. The molecule has 1 atom stereocenters. The Kier molecular flexibility index (Phi) is 5.18. The van der Waals surface area contributed by atoms with E-state index in [9.17, 15) is 4.79 Å². The first-order valence-electron chi connectivity index (χ1n) is 9.25. The fraction of sp³-hybridized carbons (Fsp3) is 0.474. The molecule has 1 aliphatic heterocycles. The van der Waals surface area contributed by atoms with Gasteiger partial charge in [-0.2, -0.15) is 0 Å². The molecule has 3 aromatic rings. The van der Waals surface area contributed by atoms with E-state index in [1.807, 2.05) is 26.0 Å². The molecule has 3 heterocycles. The molecule has 1 amide bonds. The maximum Gasteiger partial charge on any atom is 0.263 e. The highest BCUT2D eigenvalue weighted by Gasteiger charge is 2.22. The molecule has 1 N–H and O–H groups in total. The number of hydrogen-bond acceptors (Lipinski definition) is 7. The van der Waals surface area contributed by atoms with Crippen molar-refractivity contribution in [3.8, 4) is 0 Å². The average molecular weight is 385 g/mol. The van der Waals surface area contributed by atoms with Crippen molar-refractivity contribution in [1.29, 1.82) is 0 Å². The standard InChI is InChI=1S/C19H23N5O2S/c1-12-18(27-13(2)21-12)19(25)20-9-14-5-4-8-24(10-14)11-15-6-3-7-16-17(15)23-26-22-16/h3,6-7,14H,4-5,8-11H2,1-2H3,(H,20,25)/t14-/m1/s1. The van der Waals surface area contributed by atoms with Gasteiger partial charge in [-0.1, -0.05) is 12.1 Å². The van der Waals surface area contributed by atoms with Crippen LogP contribution in [-0.2, 0) is 6.54 Å². The summed E-state index contributed by atoms with van der Waals surface area (Å²) in [5.41, 5.74) is 3.58. The van der Waals surface area contributed by atoms with Crippen molar-refractivity contribution in [2.24, 2.45) is 5.92 Å². The lowest BCUT2D eigenvalue weighted by atomic mass is 9.97. The largest absolute Gasteiger partial charge is 0.351 e. The second kappa shape index (κ2) is 7.74. The SMILES string of the molecule is Cc1nc(C)c(C(=O)NC[C@H]2CCCN(Cc3cccc4nonc34)C2)s1. The van der Waals surface area contributed by atoms with Crippen LogP contribution in [0.1, 0.15) is 38.8 Å². The zero-order valence-electron chi connectivity index (χ0n) is 15.6. The van der Waals surface area contributed by atoms with Gasteiger partial charge < -0.3 is 5.32 Å². The Balaban J connectivity index is 1.35. The van der Waals surface area contributed by atoms with Crippen molar-refractivity contribution < 1.29 is 9.42 Å². The number of rotatable bonds is 5. The molecule has 1 fully saturated rings. The van der Waals surface area contributed by atoms with Gasteiger partial charge in [-0.15, -0.1) is 11.3 Å². The number of fused-ring (bicyclic) bond motifs is 1. The number of amides is 1. The summed E-state index contributed by atoms with van der Waals surface area (Å²) in [6.07, 6.45) is 2.26. The number of aromatic nitrogens is 3. The van der Waals surface area contributed by atoms with E-state index < -0.39 is 0 Å². The molecule has 0 spiro atoms. The number of hydrogen-bond donors (Lipinski definition) is 1. The molecule has 27 heavy (non-hydrogen) atoms. The first-order valence-corrected chi connectivity index (χ1v) is 10.1. The van der Waals surface area contributed by atoms with Gasteiger partial charge in [-0.3, -0.25) is 9.69 Å². The van der Waals surface area contributed by atoms with Crippen molar-refractivity contribution in [3.63, 3.8) is 0 Å². The van der Waals surface area contributed by atoms with Crippen LogP contribution in [0.25, 0.3) is 11.0 Å². The van der Waals surface area contributed by atoms with E-state index in [4.69, 9.17) is 4.63 Å². The maximum atomic E-state index is 12.4. The molecule has 2 aromatic heterocycles. The summed E-state index contributed by atoms with van der Waals surface area (Å²) in [7, 11) is 0. The lowest BCUT2D eigenvalue weighted by Gasteiger charge is -2.32. The molecule has 0 radical (unpaired) electrons. The molecule has 4 rings (SSSR count). The zero-order chi connectivity index (χ0) is 18.8. The van der Waals surface area contributed by atoms with E-state index >= 15 is 0 Å². The van der Waals surface area contributed by atoms with Crippen LogP contribution < -0.4 is 5.32 Å². The van der Waals surface area contributed by atoms with Crippen molar-refractivity contribution in [1.82, 2.24) is 25.5 Å². The van der Waals surface area contributed by atoms with Gasteiger partial charge in [-0.05, 0) is 61.1 Å². The lowest BCUT2D eigenvalue weighted by molar-refractivity contribution is 0.0934. The van der Waals surface area contributed by atoms with E-state index in [1.54, 1.807) is 0 Å². The number of carbonyl (C=O) groups is 1. The van der Waals surface area contributed by atoms with Crippen LogP contribution in [0.3, 0.4) is 0 Å². The van der Waals surface area contributed by atoms with Crippen LogP contribution in [0.4, 0.5) is 0 Å². The second-order valence-electron chi connectivity index (χ2n) is 7.15. The Hall–Kier alpha value is -2.32. The number of likely N-dealkylation sites (tertiary alicyclic amines) is 1. The molecule has 0 unspecified atom stereocenters. The third-order valence-electron chi connectivity index (χ3n) is 5.03. The Morgan fingerprint density at radius 2 is 2.26 bits per heavy atom. The molecule has 1 aromatic carbocycles. The highest BCUT2D eigenvalue weighted by molar-refractivity contribution is 7.13. The van der Waals surface area contributed by atoms with Gasteiger partial charge in [0.2, 0.25) is 0 Å². The van der Waals surface area contributed by atoms with E-state index in [2.05, 4.69) is 31.6 Å². The molecule has 0 saturated carbocycles. The van der Waals surface area contributed by atoms with Gasteiger partial charge in [0.25, 0.3) is 5.91 Å². The van der Waals surface area contributed by atoms with Crippen LogP contribution >= 0.6 is 11.3 Å². The van der Waals surface area contributed by atoms with Crippen LogP contribution in [0.15, 0.2) is 22.8 Å². The quantitative estimate of drug-likeness (QED) is 0.727. The Labute approximate surface area is 161 Å². The summed E-state index contributed by atoms with van der Waals surface area (Å²) in [4.78, 5) is 19.9. The minimum atomic E-state index is -0.00587. The van der Waals surface area contributed by atoms with Gasteiger partial charge in [0, 0.05) is 19.6 Å². The number of aryl methyl sites for hydroxylation is 2. The number of piperidine rings is 1. The molecule has 1 saturated heterocycles. The highest BCUT2D eigenvalue weighted by atomic mass is 32.1. The predicted molar refractivity (Wildman–Crippen MR) is 104 cm³/mol. The number of thiazole rings is 1. The third-order valence-corrected chi connectivity index (χ3v) is 6.10. The Morgan fingerprint density at radius 1 is 1.37 bits per heavy atom. The first kappa shape index (κ1) is 18.1. The van der Waals surface area contributed by atoms with E-state index in [-0.39, 0.29) is 5.91 Å². The highest BCUT2D eigenvalue weighted by Crippen LogP contribution is 2.22. The van der Waals surface area contributed by atoms with Crippen molar-refractivity contribution in [2.75, 3.05) is 19.6 Å². The second-order valence-corrected chi connectivity index (χ2v) is 8.35. The summed E-state index contributed by atoms with van der Waals surface area (Å²) in [5.74, 6) is 0.445. The molecular weight excluding hydrogens is 362 g/mol. The summed E-state index contributed by atoms with van der Waals surface area (Å²) >= 11 is 1.46. The Bertz CT molecular complexity index is 951. The minimum Gasteiger partial charge on any atom is -0.351 e. The van der Waals surface area contributed by atoms with E-state index in [0.717, 1.165) is 64.7 Å². The fourth-order valence-corrected chi connectivity index (χ4v) is 4.59. The summed E-state index contributed by atoms with van der Waals surface area (Å²) < 4.78 is 4.86. The smallest absolute Gasteiger partial charge is 0.263 e. The van der Waals surface area contributed by atoms with Gasteiger partial charge in [-0.25, -0.2) is 9.61 Å². The van der Waals surface area contributed by atoms with Gasteiger partial charge >= 0.3 is 0 Å². The van der Waals surface area contributed by atoms with E-state index in [1.165, 1.54) is 11.3 Å². The number of carbonyl (C=O) groups excluding carboxylic acids is 1. The van der Waals surface area contributed by atoms with E-state index in [0.29, 0.717) is 12.5 Å². The van der Waals surface area contributed by atoms with Crippen LogP contribution in [0.2, 0.25) is 0 Å². The molecular formula is C19H23N5O2S. The topological polar surface area (TPSA) is 84.2 Å². The van der Waals surface area contributed by atoms with Crippen molar-refractivity contribution >= 4 is 28.3 Å². The molecule has 1 aliphatic rings. The van der Waals surface area contributed by atoms with Gasteiger partial charge in [0.1, 0.15) is 15.9 Å². The molecule has 0 bridgehead atoms. The first-order chi connectivity index (χ1) is 13.1. The molecule has 142 valence electrons. The lowest BCUT2D eigenvalue weighted by Crippen LogP contribution is -2.40. The fourth-order valence-electron chi connectivity index (χ4n) is 3.75. The van der Waals surface area contributed by atoms with Gasteiger partial charge in [0.05, 0.1) is 10.7 Å². The van der Waals surface area contributed by atoms with Crippen LogP contribution in [0.5, 0.6) is 0 Å². The molecule has 8 heteroatoms. The summed E-state index contributed by atoms with van der Waals surface area (Å²) in [5, 5.41) is 12.0. The number of nitrogens with one attached hydrogen (secondary N) is 1. The minimum absolute atomic E-state index is 0.00587. The predicted octanol–water partition coefficient (Wildman–Crippen LogP) is 2.94. The van der Waals surface area contributed by atoms with Crippen LogP contribution in [-0.4, -0.2) is 45.7 Å².